The molecule has 0 radical (unpaired) electrons. The normalized spacial score (nSPS) is 17.0. The minimum absolute atomic E-state index is 0.355. The van der Waals surface area contributed by atoms with Crippen molar-refractivity contribution in [3.05, 3.63) is 47.2 Å². The van der Waals surface area contributed by atoms with E-state index < -0.39 is 0 Å². The number of ether oxygens (including phenoxy) is 1. The van der Waals surface area contributed by atoms with Crippen LogP contribution in [0.4, 0.5) is 5.82 Å². The Balaban J connectivity index is 1.79. The predicted octanol–water partition coefficient (Wildman–Crippen LogP) is 2.58. The van der Waals surface area contributed by atoms with E-state index in [9.17, 15) is 4.79 Å². The summed E-state index contributed by atoms with van der Waals surface area (Å²) in [6.07, 6.45) is 0. The monoisotopic (exact) mass is 285 g/mol. The number of aryl methyl sites for hydroxylation is 1. The molecule has 0 amide bonds. The number of benzene rings is 1. The standard InChI is InChI=1S/C16H19N3O2/c1-3-21-16(20)14-8-15-17-9-13(10-19(15)18-14)12-6-4-11(2)5-7-12/h4-8,13,17H,3,9-10H2,1-2H3. The third kappa shape index (κ3) is 2.77. The van der Waals surface area contributed by atoms with Crippen molar-refractivity contribution >= 4 is 11.8 Å². The quantitative estimate of drug-likeness (QED) is 0.881. The van der Waals surface area contributed by atoms with Gasteiger partial charge in [-0.15, -0.1) is 0 Å². The van der Waals surface area contributed by atoms with E-state index in [1.165, 1.54) is 11.1 Å². The van der Waals surface area contributed by atoms with Crippen molar-refractivity contribution < 1.29 is 9.53 Å². The Bertz CT molecular complexity index is 646. The third-order valence-electron chi connectivity index (χ3n) is 3.74. The van der Waals surface area contributed by atoms with E-state index >= 15 is 0 Å². The number of carbonyl (C=O) groups is 1. The second-order valence-corrected chi connectivity index (χ2v) is 5.31. The van der Waals surface area contributed by atoms with Crippen LogP contribution in [0.5, 0.6) is 0 Å². The van der Waals surface area contributed by atoms with E-state index in [1.54, 1.807) is 13.0 Å². The molecular formula is C16H19N3O2. The molecule has 0 aliphatic carbocycles. The Kier molecular flexibility index (Phi) is 3.64. The van der Waals surface area contributed by atoms with Gasteiger partial charge in [-0.3, -0.25) is 0 Å². The number of fused-ring (bicyclic) bond motifs is 1. The average Bonchev–Trinajstić information content (AvgIpc) is 2.91. The molecule has 3 rings (SSSR count). The predicted molar refractivity (Wildman–Crippen MR) is 80.6 cm³/mol. The summed E-state index contributed by atoms with van der Waals surface area (Å²) in [7, 11) is 0. The molecule has 0 saturated carbocycles. The molecule has 110 valence electrons. The summed E-state index contributed by atoms with van der Waals surface area (Å²) in [4.78, 5) is 11.7. The number of nitrogens with zero attached hydrogens (tertiary/aromatic N) is 2. The van der Waals surface area contributed by atoms with E-state index in [4.69, 9.17) is 4.74 Å². The fourth-order valence-corrected chi connectivity index (χ4v) is 2.57. The number of hydrogen-bond acceptors (Lipinski definition) is 4. The maximum absolute atomic E-state index is 11.7. The van der Waals surface area contributed by atoms with E-state index in [-0.39, 0.29) is 5.97 Å². The molecule has 1 atom stereocenters. The molecular weight excluding hydrogens is 266 g/mol. The fraction of sp³-hybridized carbons (Fsp3) is 0.375. The highest BCUT2D eigenvalue weighted by Crippen LogP contribution is 2.26. The van der Waals surface area contributed by atoms with Gasteiger partial charge in [-0.25, -0.2) is 9.48 Å². The SMILES string of the molecule is CCOC(=O)c1cc2n(n1)CC(c1ccc(C)cc1)CN2. The van der Waals surface area contributed by atoms with Crippen molar-refractivity contribution in [1.82, 2.24) is 9.78 Å². The van der Waals surface area contributed by atoms with Gasteiger partial charge in [-0.1, -0.05) is 29.8 Å². The van der Waals surface area contributed by atoms with Gasteiger partial charge in [0.25, 0.3) is 0 Å². The summed E-state index contributed by atoms with van der Waals surface area (Å²) in [6, 6.07) is 10.3. The Hall–Kier alpha value is -2.30. The van der Waals surface area contributed by atoms with Crippen molar-refractivity contribution in [2.45, 2.75) is 26.3 Å². The van der Waals surface area contributed by atoms with Crippen LogP contribution >= 0.6 is 0 Å². The number of anilines is 1. The van der Waals surface area contributed by atoms with Crippen LogP contribution in [0.1, 0.15) is 34.5 Å². The number of hydrogen-bond donors (Lipinski definition) is 1. The number of carbonyl (C=O) groups excluding carboxylic acids is 1. The average molecular weight is 285 g/mol. The number of aromatic nitrogens is 2. The molecule has 5 nitrogen and oxygen atoms in total. The molecule has 0 saturated heterocycles. The summed E-state index contributed by atoms with van der Waals surface area (Å²) in [5, 5.41) is 7.68. The lowest BCUT2D eigenvalue weighted by Crippen LogP contribution is -2.26. The van der Waals surface area contributed by atoms with Gasteiger partial charge < -0.3 is 10.1 Å². The lowest BCUT2D eigenvalue weighted by molar-refractivity contribution is 0.0518. The van der Waals surface area contributed by atoms with E-state index in [0.717, 1.165) is 18.9 Å². The molecule has 1 N–H and O–H groups in total. The summed E-state index contributed by atoms with van der Waals surface area (Å²) in [5.41, 5.74) is 2.91. The summed E-state index contributed by atoms with van der Waals surface area (Å²) >= 11 is 0. The molecule has 1 aliphatic heterocycles. The highest BCUT2D eigenvalue weighted by Gasteiger charge is 2.23. The van der Waals surface area contributed by atoms with Gasteiger partial charge in [0.2, 0.25) is 0 Å². The van der Waals surface area contributed by atoms with Gasteiger partial charge in [0.1, 0.15) is 5.82 Å². The van der Waals surface area contributed by atoms with Crippen molar-refractivity contribution in [2.75, 3.05) is 18.5 Å². The number of rotatable bonds is 3. The Morgan fingerprint density at radius 3 is 2.90 bits per heavy atom. The maximum Gasteiger partial charge on any atom is 0.358 e. The minimum Gasteiger partial charge on any atom is -0.461 e. The highest BCUT2D eigenvalue weighted by molar-refractivity contribution is 5.88. The number of nitrogens with one attached hydrogen (secondary N) is 1. The van der Waals surface area contributed by atoms with Crippen LogP contribution in [0.15, 0.2) is 30.3 Å². The molecule has 0 spiro atoms. The lowest BCUT2D eigenvalue weighted by Gasteiger charge is -2.25. The Morgan fingerprint density at radius 2 is 2.19 bits per heavy atom. The van der Waals surface area contributed by atoms with Crippen LogP contribution in [-0.2, 0) is 11.3 Å². The Labute approximate surface area is 123 Å². The first-order valence-corrected chi connectivity index (χ1v) is 7.22. The van der Waals surface area contributed by atoms with Crippen molar-refractivity contribution in [3.8, 4) is 0 Å². The van der Waals surface area contributed by atoms with Gasteiger partial charge >= 0.3 is 5.97 Å². The zero-order valence-electron chi connectivity index (χ0n) is 12.3. The highest BCUT2D eigenvalue weighted by atomic mass is 16.5. The molecule has 5 heteroatoms. The van der Waals surface area contributed by atoms with Crippen LogP contribution in [-0.4, -0.2) is 28.9 Å². The summed E-state index contributed by atoms with van der Waals surface area (Å²) < 4.78 is 6.84. The second kappa shape index (κ2) is 5.60. The van der Waals surface area contributed by atoms with E-state index in [1.807, 2.05) is 4.68 Å². The lowest BCUT2D eigenvalue weighted by atomic mass is 9.97. The Morgan fingerprint density at radius 1 is 1.43 bits per heavy atom. The van der Waals surface area contributed by atoms with Crippen LogP contribution < -0.4 is 5.32 Å². The first kappa shape index (κ1) is 13.7. The third-order valence-corrected chi connectivity index (χ3v) is 3.74. The van der Waals surface area contributed by atoms with Gasteiger partial charge in [0.05, 0.1) is 13.2 Å². The van der Waals surface area contributed by atoms with Crippen molar-refractivity contribution in [2.24, 2.45) is 0 Å². The van der Waals surface area contributed by atoms with E-state index in [0.29, 0.717) is 18.2 Å². The van der Waals surface area contributed by atoms with E-state index in [2.05, 4.69) is 41.6 Å². The van der Waals surface area contributed by atoms with Gasteiger partial charge in [-0.05, 0) is 19.4 Å². The van der Waals surface area contributed by atoms with Gasteiger partial charge in [0.15, 0.2) is 5.69 Å². The van der Waals surface area contributed by atoms with Crippen LogP contribution in [0.3, 0.4) is 0 Å². The van der Waals surface area contributed by atoms with Gasteiger partial charge in [-0.2, -0.15) is 5.10 Å². The largest absolute Gasteiger partial charge is 0.461 e. The molecule has 1 unspecified atom stereocenters. The molecule has 0 fully saturated rings. The zero-order chi connectivity index (χ0) is 14.8. The van der Waals surface area contributed by atoms with Gasteiger partial charge in [0, 0.05) is 18.5 Å². The van der Waals surface area contributed by atoms with Crippen molar-refractivity contribution in [3.63, 3.8) is 0 Å². The maximum atomic E-state index is 11.7. The summed E-state index contributed by atoms with van der Waals surface area (Å²) in [6.45, 7) is 5.85. The number of esters is 1. The fourth-order valence-electron chi connectivity index (χ4n) is 2.57. The smallest absolute Gasteiger partial charge is 0.358 e. The van der Waals surface area contributed by atoms with Crippen molar-refractivity contribution in [1.29, 1.82) is 0 Å². The molecule has 1 aliphatic rings. The molecule has 21 heavy (non-hydrogen) atoms. The first-order valence-electron chi connectivity index (χ1n) is 7.22. The zero-order valence-corrected chi connectivity index (χ0v) is 12.3. The minimum atomic E-state index is -0.368. The first-order chi connectivity index (χ1) is 10.2. The second-order valence-electron chi connectivity index (χ2n) is 5.31. The topological polar surface area (TPSA) is 56.2 Å². The molecule has 1 aromatic carbocycles. The molecule has 2 aromatic rings. The van der Waals surface area contributed by atoms with Crippen LogP contribution in [0, 0.1) is 6.92 Å². The summed E-state index contributed by atoms with van der Waals surface area (Å²) in [5.74, 6) is 0.863. The molecule has 0 bridgehead atoms. The van der Waals surface area contributed by atoms with Crippen LogP contribution in [0.25, 0.3) is 0 Å². The van der Waals surface area contributed by atoms with Crippen LogP contribution in [0.2, 0.25) is 0 Å². The molecule has 1 aromatic heterocycles. The molecule has 2 heterocycles.